The number of methoxy groups -OCH3 is 1. The molecule has 0 atom stereocenters. The number of halogens is 1. The first kappa shape index (κ1) is 20.3. The Labute approximate surface area is 176 Å². The Morgan fingerprint density at radius 1 is 1.19 bits per heavy atom. The molecule has 9 heteroatoms. The molecular weight excluding hydrogens is 401 g/mol. The summed E-state index contributed by atoms with van der Waals surface area (Å²) in [5.41, 5.74) is 2.21. The van der Waals surface area contributed by atoms with E-state index in [0.29, 0.717) is 28.2 Å². The highest BCUT2D eigenvalue weighted by Crippen LogP contribution is 2.25. The van der Waals surface area contributed by atoms with E-state index in [1.165, 1.54) is 41.0 Å². The quantitative estimate of drug-likeness (QED) is 0.517. The number of amides is 1. The predicted molar refractivity (Wildman–Crippen MR) is 114 cm³/mol. The van der Waals surface area contributed by atoms with Crippen molar-refractivity contribution in [3.05, 3.63) is 76.7 Å². The van der Waals surface area contributed by atoms with Crippen molar-refractivity contribution in [2.45, 2.75) is 19.9 Å². The molecule has 0 aliphatic carbocycles. The third-order valence-electron chi connectivity index (χ3n) is 4.83. The van der Waals surface area contributed by atoms with Gasteiger partial charge in [-0.15, -0.1) is 0 Å². The van der Waals surface area contributed by atoms with E-state index in [4.69, 9.17) is 4.74 Å². The molecule has 31 heavy (non-hydrogen) atoms. The number of ether oxygens (including phenoxy) is 1. The minimum absolute atomic E-state index is 0.0797. The smallest absolute Gasteiger partial charge is 0.264 e. The molecule has 8 nitrogen and oxygen atoms in total. The van der Waals surface area contributed by atoms with E-state index < -0.39 is 0 Å². The first-order valence-electron chi connectivity index (χ1n) is 9.60. The number of nitrogens with one attached hydrogen (secondary N) is 1. The average molecular weight is 421 g/mol. The average Bonchev–Trinajstić information content (AvgIpc) is 3.19. The van der Waals surface area contributed by atoms with Crippen LogP contribution in [0.25, 0.3) is 16.7 Å². The number of hydrogen-bond donors (Lipinski definition) is 1. The summed E-state index contributed by atoms with van der Waals surface area (Å²) in [5.74, 6) is -0.0533. The summed E-state index contributed by atoms with van der Waals surface area (Å²) in [5, 5.41) is 7.33. The summed E-state index contributed by atoms with van der Waals surface area (Å²) < 4.78 is 21.3. The molecule has 0 spiro atoms. The van der Waals surface area contributed by atoms with Crippen LogP contribution in [0.2, 0.25) is 0 Å². The molecule has 2 aromatic carbocycles. The highest BCUT2D eigenvalue weighted by molar-refractivity contribution is 5.92. The Kier molecular flexibility index (Phi) is 5.48. The molecule has 2 aromatic heterocycles. The lowest BCUT2D eigenvalue weighted by Gasteiger charge is -2.11. The van der Waals surface area contributed by atoms with E-state index in [-0.39, 0.29) is 30.2 Å². The molecule has 0 aliphatic rings. The maximum absolute atomic E-state index is 13.2. The molecule has 0 fully saturated rings. The summed E-state index contributed by atoms with van der Waals surface area (Å²) in [6, 6.07) is 11.2. The molecule has 0 radical (unpaired) electrons. The second-order valence-electron chi connectivity index (χ2n) is 7.02. The van der Waals surface area contributed by atoms with Crippen LogP contribution in [-0.2, 0) is 11.3 Å². The van der Waals surface area contributed by atoms with E-state index in [1.807, 2.05) is 19.1 Å². The Hall–Kier alpha value is -4.01. The standard InChI is InChI=1S/C22H20FN5O3/c1-14-3-8-19(31-2)18(11-14)26-20(29)9-10-27-13-24-21-17(22(27)30)12-25-28(21)16-6-4-15(23)5-7-16/h3-8,11-13H,9-10H2,1-2H3,(H,26,29). The lowest BCUT2D eigenvalue weighted by atomic mass is 10.2. The third kappa shape index (κ3) is 4.16. The normalized spacial score (nSPS) is 10.9. The van der Waals surface area contributed by atoms with E-state index in [1.54, 1.807) is 18.2 Å². The van der Waals surface area contributed by atoms with Gasteiger partial charge < -0.3 is 10.1 Å². The highest BCUT2D eigenvalue weighted by Gasteiger charge is 2.13. The fourth-order valence-corrected chi connectivity index (χ4v) is 3.23. The number of hydrogen-bond acceptors (Lipinski definition) is 5. The van der Waals surface area contributed by atoms with Gasteiger partial charge in [-0.25, -0.2) is 14.1 Å². The summed E-state index contributed by atoms with van der Waals surface area (Å²) >= 11 is 0. The van der Waals surface area contributed by atoms with Gasteiger partial charge in [0.2, 0.25) is 5.91 Å². The number of nitrogens with zero attached hydrogens (tertiary/aromatic N) is 4. The number of carbonyl (C=O) groups excluding carboxylic acids is 1. The Bertz CT molecular complexity index is 1310. The van der Waals surface area contributed by atoms with Gasteiger partial charge in [-0.3, -0.25) is 14.2 Å². The van der Waals surface area contributed by atoms with Gasteiger partial charge in [-0.2, -0.15) is 5.10 Å². The van der Waals surface area contributed by atoms with Crippen LogP contribution < -0.4 is 15.6 Å². The number of fused-ring (bicyclic) bond motifs is 1. The largest absolute Gasteiger partial charge is 0.495 e. The minimum Gasteiger partial charge on any atom is -0.495 e. The molecule has 0 aliphatic heterocycles. The number of aryl methyl sites for hydroxylation is 2. The van der Waals surface area contributed by atoms with Gasteiger partial charge in [0.25, 0.3) is 5.56 Å². The zero-order valence-corrected chi connectivity index (χ0v) is 17.0. The lowest BCUT2D eigenvalue weighted by Crippen LogP contribution is -2.23. The molecule has 158 valence electrons. The monoisotopic (exact) mass is 421 g/mol. The van der Waals surface area contributed by atoms with Gasteiger partial charge in [-0.1, -0.05) is 6.07 Å². The van der Waals surface area contributed by atoms with Crippen molar-refractivity contribution in [3.8, 4) is 11.4 Å². The maximum Gasteiger partial charge on any atom is 0.264 e. The first-order chi connectivity index (χ1) is 15.0. The number of carbonyl (C=O) groups is 1. The van der Waals surface area contributed by atoms with E-state index in [2.05, 4.69) is 15.4 Å². The number of anilines is 1. The van der Waals surface area contributed by atoms with Crippen LogP contribution in [0, 0.1) is 12.7 Å². The molecule has 4 rings (SSSR count). The summed E-state index contributed by atoms with van der Waals surface area (Å²) in [7, 11) is 1.53. The third-order valence-corrected chi connectivity index (χ3v) is 4.83. The van der Waals surface area contributed by atoms with Crippen molar-refractivity contribution in [1.29, 1.82) is 0 Å². The Balaban J connectivity index is 1.51. The van der Waals surface area contributed by atoms with Crippen LogP contribution in [-0.4, -0.2) is 32.3 Å². The summed E-state index contributed by atoms with van der Waals surface area (Å²) in [6.07, 6.45) is 2.88. The van der Waals surface area contributed by atoms with Crippen LogP contribution >= 0.6 is 0 Å². The molecular formula is C22H20FN5O3. The topological polar surface area (TPSA) is 91.0 Å². The van der Waals surface area contributed by atoms with Crippen LogP contribution in [0.15, 0.2) is 59.8 Å². The molecule has 0 bridgehead atoms. The van der Waals surface area contributed by atoms with E-state index in [9.17, 15) is 14.0 Å². The van der Waals surface area contributed by atoms with Crippen LogP contribution in [0.3, 0.4) is 0 Å². The zero-order valence-electron chi connectivity index (χ0n) is 17.0. The second kappa shape index (κ2) is 8.39. The second-order valence-corrected chi connectivity index (χ2v) is 7.02. The fraction of sp³-hybridized carbons (Fsp3) is 0.182. The van der Waals surface area contributed by atoms with Crippen molar-refractivity contribution in [3.63, 3.8) is 0 Å². The molecule has 0 unspecified atom stereocenters. The SMILES string of the molecule is COc1ccc(C)cc1NC(=O)CCn1cnc2c(cnn2-c2ccc(F)cc2)c1=O. The molecule has 1 amide bonds. The van der Waals surface area contributed by atoms with Crippen LogP contribution in [0.1, 0.15) is 12.0 Å². The number of rotatable bonds is 6. The van der Waals surface area contributed by atoms with Gasteiger partial charge in [0.15, 0.2) is 5.65 Å². The Morgan fingerprint density at radius 2 is 1.97 bits per heavy atom. The molecule has 4 aromatic rings. The Morgan fingerprint density at radius 3 is 2.71 bits per heavy atom. The minimum atomic E-state index is -0.364. The number of aromatic nitrogens is 4. The highest BCUT2D eigenvalue weighted by atomic mass is 19.1. The molecule has 1 N–H and O–H groups in total. The van der Waals surface area contributed by atoms with Crippen molar-refractivity contribution in [2.75, 3.05) is 12.4 Å². The van der Waals surface area contributed by atoms with Crippen molar-refractivity contribution in [2.24, 2.45) is 0 Å². The van der Waals surface area contributed by atoms with Gasteiger partial charge in [0, 0.05) is 13.0 Å². The summed E-state index contributed by atoms with van der Waals surface area (Å²) in [4.78, 5) is 29.5. The summed E-state index contributed by atoms with van der Waals surface area (Å²) in [6.45, 7) is 2.07. The van der Waals surface area contributed by atoms with Crippen molar-refractivity contribution in [1.82, 2.24) is 19.3 Å². The van der Waals surface area contributed by atoms with Crippen molar-refractivity contribution < 1.29 is 13.9 Å². The predicted octanol–water partition coefficient (Wildman–Crippen LogP) is 3.07. The lowest BCUT2D eigenvalue weighted by molar-refractivity contribution is -0.116. The van der Waals surface area contributed by atoms with Gasteiger partial charge >= 0.3 is 0 Å². The van der Waals surface area contributed by atoms with Crippen LogP contribution in [0.5, 0.6) is 5.75 Å². The fourth-order valence-electron chi connectivity index (χ4n) is 3.23. The zero-order chi connectivity index (χ0) is 22.0. The first-order valence-corrected chi connectivity index (χ1v) is 9.60. The number of benzene rings is 2. The van der Waals surface area contributed by atoms with Gasteiger partial charge in [-0.05, 0) is 48.9 Å². The van der Waals surface area contributed by atoms with Crippen molar-refractivity contribution >= 4 is 22.6 Å². The van der Waals surface area contributed by atoms with E-state index in [0.717, 1.165) is 5.56 Å². The van der Waals surface area contributed by atoms with E-state index >= 15 is 0 Å². The van der Waals surface area contributed by atoms with Gasteiger partial charge in [0.05, 0.1) is 31.0 Å². The molecule has 2 heterocycles. The maximum atomic E-state index is 13.2. The van der Waals surface area contributed by atoms with Gasteiger partial charge in [0.1, 0.15) is 17.0 Å². The molecule has 0 saturated heterocycles. The van der Waals surface area contributed by atoms with Crippen LogP contribution in [0.4, 0.5) is 10.1 Å². The molecule has 0 saturated carbocycles.